The summed E-state index contributed by atoms with van der Waals surface area (Å²) >= 11 is 1.13. The minimum atomic E-state index is -0.0670. The van der Waals surface area contributed by atoms with Crippen LogP contribution in [0.2, 0.25) is 0 Å². The Labute approximate surface area is 97.9 Å². The highest BCUT2D eigenvalue weighted by Crippen LogP contribution is 1.97. The average Bonchev–Trinajstić information content (AvgIpc) is 2.64. The van der Waals surface area contributed by atoms with Crippen molar-refractivity contribution in [1.29, 1.82) is 0 Å². The summed E-state index contributed by atoms with van der Waals surface area (Å²) in [6.07, 6.45) is 0. The summed E-state index contributed by atoms with van der Waals surface area (Å²) in [4.78, 5) is 17.7. The zero-order chi connectivity index (χ0) is 12.0. The van der Waals surface area contributed by atoms with Crippen LogP contribution in [0, 0.1) is 5.92 Å². The van der Waals surface area contributed by atoms with Crippen molar-refractivity contribution in [3.05, 3.63) is 20.7 Å². The Balaban J connectivity index is 2.49. The lowest BCUT2D eigenvalue weighted by Crippen LogP contribution is -2.42. The van der Waals surface area contributed by atoms with E-state index in [0.29, 0.717) is 18.4 Å². The highest BCUT2D eigenvalue weighted by atomic mass is 32.1. The van der Waals surface area contributed by atoms with Crippen molar-refractivity contribution in [2.45, 2.75) is 20.4 Å². The van der Waals surface area contributed by atoms with Gasteiger partial charge >= 0.3 is 4.87 Å². The third-order valence-electron chi connectivity index (χ3n) is 1.79. The lowest BCUT2D eigenvalue weighted by molar-refractivity contribution is 0.615. The van der Waals surface area contributed by atoms with E-state index in [2.05, 4.69) is 34.6 Å². The lowest BCUT2D eigenvalue weighted by Gasteiger charge is -2.10. The maximum Gasteiger partial charge on any atom is 0.304 e. The zero-order valence-corrected chi connectivity index (χ0v) is 10.2. The number of thiazole rings is 1. The van der Waals surface area contributed by atoms with E-state index in [1.165, 1.54) is 0 Å². The van der Waals surface area contributed by atoms with E-state index in [1.807, 2.05) is 0 Å². The predicted octanol–water partition coefficient (Wildman–Crippen LogP) is 0.00130. The molecule has 7 heteroatoms. The van der Waals surface area contributed by atoms with Crippen LogP contribution < -0.4 is 21.5 Å². The van der Waals surface area contributed by atoms with Crippen LogP contribution in [0.5, 0.6) is 0 Å². The molecule has 1 rings (SSSR count). The summed E-state index contributed by atoms with van der Waals surface area (Å²) in [6.45, 7) is 5.39. The van der Waals surface area contributed by atoms with Crippen molar-refractivity contribution in [2.24, 2.45) is 16.8 Å². The molecule has 1 aromatic heterocycles. The second kappa shape index (κ2) is 6.29. The van der Waals surface area contributed by atoms with Crippen LogP contribution in [-0.2, 0) is 6.54 Å². The van der Waals surface area contributed by atoms with Gasteiger partial charge in [-0.15, -0.1) is 0 Å². The first-order valence-electron chi connectivity index (χ1n) is 5.03. The number of hydrogen-bond acceptors (Lipinski definition) is 4. The van der Waals surface area contributed by atoms with Crippen LogP contribution in [0.25, 0.3) is 0 Å². The second-order valence-corrected chi connectivity index (χ2v) is 4.60. The first kappa shape index (κ1) is 12.7. The summed E-state index contributed by atoms with van der Waals surface area (Å²) in [7, 11) is 0. The Hall–Kier alpha value is -1.34. The van der Waals surface area contributed by atoms with E-state index < -0.39 is 0 Å². The van der Waals surface area contributed by atoms with Crippen molar-refractivity contribution in [1.82, 2.24) is 15.7 Å². The van der Waals surface area contributed by atoms with Gasteiger partial charge in [-0.1, -0.05) is 25.2 Å². The number of nitrogens with one attached hydrogen (secondary N) is 3. The standard InChI is InChI=1S/C9H17N5OS/c1-6(2)3-11-8(14-10)12-4-7-5-16-9(15)13-7/h5-6H,3-4,10H2,1-2H3,(H,13,15)(H2,11,12,14). The van der Waals surface area contributed by atoms with Gasteiger partial charge in [-0.25, -0.2) is 10.8 Å². The van der Waals surface area contributed by atoms with Gasteiger partial charge in [-0.2, -0.15) is 0 Å². The molecular weight excluding hydrogens is 226 g/mol. The maximum absolute atomic E-state index is 10.9. The molecule has 0 saturated carbocycles. The van der Waals surface area contributed by atoms with E-state index in [9.17, 15) is 4.79 Å². The number of aromatic amines is 1. The average molecular weight is 243 g/mol. The molecule has 0 bridgehead atoms. The molecule has 0 fully saturated rings. The Kier molecular flexibility index (Phi) is 5.00. The largest absolute Gasteiger partial charge is 0.355 e. The first-order chi connectivity index (χ1) is 7.61. The van der Waals surface area contributed by atoms with Gasteiger partial charge in [0.2, 0.25) is 5.96 Å². The fourth-order valence-corrected chi connectivity index (χ4v) is 1.58. The molecule has 0 radical (unpaired) electrons. The molecule has 6 nitrogen and oxygen atoms in total. The van der Waals surface area contributed by atoms with Gasteiger partial charge < -0.3 is 10.3 Å². The van der Waals surface area contributed by atoms with Crippen molar-refractivity contribution in [3.63, 3.8) is 0 Å². The van der Waals surface area contributed by atoms with Crippen LogP contribution in [0.1, 0.15) is 19.5 Å². The number of guanidine groups is 1. The molecule has 90 valence electrons. The van der Waals surface area contributed by atoms with Crippen molar-refractivity contribution < 1.29 is 0 Å². The first-order valence-corrected chi connectivity index (χ1v) is 5.91. The normalized spacial score (nSPS) is 11.9. The predicted molar refractivity (Wildman–Crippen MR) is 66.2 cm³/mol. The fourth-order valence-electron chi connectivity index (χ4n) is 1.01. The van der Waals surface area contributed by atoms with Gasteiger partial charge in [0.1, 0.15) is 0 Å². The number of aromatic nitrogens is 1. The summed E-state index contributed by atoms with van der Waals surface area (Å²) in [5, 5.41) is 4.82. The van der Waals surface area contributed by atoms with Crippen molar-refractivity contribution in [3.8, 4) is 0 Å². The van der Waals surface area contributed by atoms with Gasteiger partial charge in [0.05, 0.1) is 12.2 Å². The molecule has 0 atom stereocenters. The fraction of sp³-hybridized carbons (Fsp3) is 0.556. The van der Waals surface area contributed by atoms with Crippen LogP contribution in [0.15, 0.2) is 15.2 Å². The van der Waals surface area contributed by atoms with Gasteiger partial charge in [-0.05, 0) is 5.92 Å². The second-order valence-electron chi connectivity index (χ2n) is 3.76. The quantitative estimate of drug-likeness (QED) is 0.259. The molecule has 0 spiro atoms. The molecule has 1 aromatic rings. The SMILES string of the molecule is CC(C)CNC(=NCc1csc(=O)[nH]1)NN. The van der Waals surface area contributed by atoms with Crippen molar-refractivity contribution in [2.75, 3.05) is 6.54 Å². The smallest absolute Gasteiger partial charge is 0.304 e. The van der Waals surface area contributed by atoms with Gasteiger partial charge in [-0.3, -0.25) is 10.2 Å². The van der Waals surface area contributed by atoms with E-state index >= 15 is 0 Å². The minimum absolute atomic E-state index is 0.0670. The molecule has 0 aliphatic heterocycles. The Morgan fingerprint density at radius 1 is 1.69 bits per heavy atom. The van der Waals surface area contributed by atoms with Gasteiger partial charge in [0.15, 0.2) is 0 Å². The van der Waals surface area contributed by atoms with Gasteiger partial charge in [0, 0.05) is 11.9 Å². The van der Waals surface area contributed by atoms with Gasteiger partial charge in [0.25, 0.3) is 0 Å². The number of aliphatic imine (C=N–C) groups is 1. The number of nitrogens with two attached hydrogens (primary N) is 1. The van der Waals surface area contributed by atoms with Crippen LogP contribution in [0.3, 0.4) is 0 Å². The van der Waals surface area contributed by atoms with Crippen LogP contribution >= 0.6 is 11.3 Å². The molecule has 0 aliphatic carbocycles. The highest BCUT2D eigenvalue weighted by Gasteiger charge is 1.99. The molecule has 0 saturated heterocycles. The van der Waals surface area contributed by atoms with E-state index in [1.54, 1.807) is 5.38 Å². The summed E-state index contributed by atoms with van der Waals surface area (Å²) in [5.41, 5.74) is 3.27. The van der Waals surface area contributed by atoms with Crippen LogP contribution in [0.4, 0.5) is 0 Å². The minimum Gasteiger partial charge on any atom is -0.355 e. The molecule has 0 amide bonds. The van der Waals surface area contributed by atoms with E-state index in [0.717, 1.165) is 23.6 Å². The monoisotopic (exact) mass is 243 g/mol. The van der Waals surface area contributed by atoms with Crippen LogP contribution in [-0.4, -0.2) is 17.5 Å². The lowest BCUT2D eigenvalue weighted by atomic mass is 10.2. The molecule has 0 aromatic carbocycles. The topological polar surface area (TPSA) is 95.3 Å². The van der Waals surface area contributed by atoms with Crippen molar-refractivity contribution >= 4 is 17.3 Å². The molecule has 16 heavy (non-hydrogen) atoms. The highest BCUT2D eigenvalue weighted by molar-refractivity contribution is 7.07. The Morgan fingerprint density at radius 3 is 2.94 bits per heavy atom. The van der Waals surface area contributed by atoms with E-state index in [4.69, 9.17) is 5.84 Å². The number of rotatable bonds is 4. The number of H-pyrrole nitrogens is 1. The summed E-state index contributed by atoms with van der Waals surface area (Å²) < 4.78 is 0. The summed E-state index contributed by atoms with van der Waals surface area (Å²) in [5.74, 6) is 6.36. The number of hydrazine groups is 1. The molecule has 5 N–H and O–H groups in total. The molecule has 0 unspecified atom stereocenters. The van der Waals surface area contributed by atoms with E-state index in [-0.39, 0.29) is 4.87 Å². The zero-order valence-electron chi connectivity index (χ0n) is 9.41. The molecule has 1 heterocycles. The third kappa shape index (κ3) is 4.45. The summed E-state index contributed by atoms with van der Waals surface area (Å²) in [6, 6.07) is 0. The Bertz CT molecular complexity index is 395. The number of hydrogen-bond donors (Lipinski definition) is 4. The Morgan fingerprint density at radius 2 is 2.44 bits per heavy atom. The molecular formula is C9H17N5OS. The molecule has 0 aliphatic rings. The number of nitrogens with zero attached hydrogens (tertiary/aromatic N) is 1. The maximum atomic E-state index is 10.9. The third-order valence-corrected chi connectivity index (χ3v) is 2.51.